The molecule has 1 N–H and O–H groups in total. The van der Waals surface area contributed by atoms with Gasteiger partial charge in [0.1, 0.15) is 0 Å². The number of terminal acetylenes is 1. The molecule has 2 amide bonds. The third-order valence-electron chi connectivity index (χ3n) is 3.53. The number of amides is 2. The van der Waals surface area contributed by atoms with E-state index in [4.69, 9.17) is 11.5 Å². The van der Waals surface area contributed by atoms with Crippen LogP contribution in [0.1, 0.15) is 32.1 Å². The molecule has 0 radical (unpaired) electrons. The number of carboxylic acids is 1. The minimum absolute atomic E-state index is 0.00440. The number of aliphatic carboxylic acids is 1. The maximum Gasteiger partial charge on any atom is 0.321 e. The molecule has 19 heavy (non-hydrogen) atoms. The number of rotatable bonds is 7. The summed E-state index contributed by atoms with van der Waals surface area (Å²) in [7, 11) is 0. The standard InChI is InChI=1S/C14H20N2O3/c1-2-8-15(10-11-3-4-11)14(19)16(12-5-6-12)9-7-13(17)18/h1,11-12H,3-10H2,(H,17,18). The van der Waals surface area contributed by atoms with E-state index in [0.29, 0.717) is 19.0 Å². The maximum absolute atomic E-state index is 12.5. The Hall–Kier alpha value is -1.70. The molecule has 0 aromatic heterocycles. The van der Waals surface area contributed by atoms with E-state index in [1.807, 2.05) is 0 Å². The summed E-state index contributed by atoms with van der Waals surface area (Å²) < 4.78 is 0. The van der Waals surface area contributed by atoms with Crippen molar-refractivity contribution < 1.29 is 14.7 Å². The van der Waals surface area contributed by atoms with Gasteiger partial charge in [0.25, 0.3) is 0 Å². The Morgan fingerprint density at radius 3 is 2.42 bits per heavy atom. The molecule has 0 bridgehead atoms. The maximum atomic E-state index is 12.5. The highest BCUT2D eigenvalue weighted by Crippen LogP contribution is 2.32. The van der Waals surface area contributed by atoms with Crippen molar-refractivity contribution in [2.24, 2.45) is 5.92 Å². The number of nitrogens with zero attached hydrogens (tertiary/aromatic N) is 2. The van der Waals surface area contributed by atoms with Crippen LogP contribution < -0.4 is 0 Å². The lowest BCUT2D eigenvalue weighted by Crippen LogP contribution is -2.46. The van der Waals surface area contributed by atoms with Gasteiger partial charge in [0.05, 0.1) is 13.0 Å². The predicted molar refractivity (Wildman–Crippen MR) is 70.5 cm³/mol. The second-order valence-electron chi connectivity index (χ2n) is 5.38. The molecule has 0 saturated heterocycles. The van der Waals surface area contributed by atoms with Crippen LogP contribution in [-0.2, 0) is 4.79 Å². The molecule has 0 unspecified atom stereocenters. The van der Waals surface area contributed by atoms with E-state index in [1.54, 1.807) is 9.80 Å². The molecular formula is C14H20N2O3. The molecule has 0 aliphatic heterocycles. The number of hydrogen-bond donors (Lipinski definition) is 1. The van der Waals surface area contributed by atoms with E-state index < -0.39 is 5.97 Å². The average Bonchev–Trinajstić information content (AvgIpc) is 3.22. The van der Waals surface area contributed by atoms with Gasteiger partial charge in [-0.1, -0.05) is 5.92 Å². The summed E-state index contributed by atoms with van der Waals surface area (Å²) in [6.45, 7) is 1.30. The van der Waals surface area contributed by atoms with Crippen LogP contribution in [0.5, 0.6) is 0 Å². The van der Waals surface area contributed by atoms with Crippen LogP contribution >= 0.6 is 0 Å². The van der Waals surface area contributed by atoms with Crippen LogP contribution in [0.25, 0.3) is 0 Å². The van der Waals surface area contributed by atoms with Crippen LogP contribution in [0, 0.1) is 18.3 Å². The Kier molecular flexibility index (Phi) is 4.31. The number of carboxylic acid groups (broad SMARTS) is 1. The van der Waals surface area contributed by atoms with Gasteiger partial charge in [0, 0.05) is 19.1 Å². The SMILES string of the molecule is C#CCN(CC1CC1)C(=O)N(CCC(=O)O)C1CC1. The summed E-state index contributed by atoms with van der Waals surface area (Å²) >= 11 is 0. The molecule has 0 atom stereocenters. The Morgan fingerprint density at radius 2 is 1.95 bits per heavy atom. The van der Waals surface area contributed by atoms with Gasteiger partial charge in [0.15, 0.2) is 0 Å². The minimum Gasteiger partial charge on any atom is -0.481 e. The molecular weight excluding hydrogens is 244 g/mol. The van der Waals surface area contributed by atoms with Crippen molar-refractivity contribution in [2.75, 3.05) is 19.6 Å². The molecule has 2 aliphatic rings. The van der Waals surface area contributed by atoms with Gasteiger partial charge in [-0.25, -0.2) is 4.79 Å². The van der Waals surface area contributed by atoms with Gasteiger partial charge in [-0.2, -0.15) is 0 Å². The van der Waals surface area contributed by atoms with Crippen molar-refractivity contribution in [1.82, 2.24) is 9.80 Å². The van der Waals surface area contributed by atoms with Crippen LogP contribution in [0.3, 0.4) is 0 Å². The Bertz CT molecular complexity index is 394. The summed E-state index contributed by atoms with van der Waals surface area (Å²) in [5.74, 6) is 2.23. The first-order valence-electron chi connectivity index (χ1n) is 6.82. The van der Waals surface area contributed by atoms with Crippen LogP contribution in [0.4, 0.5) is 4.79 Å². The van der Waals surface area contributed by atoms with E-state index in [1.165, 1.54) is 0 Å². The molecule has 0 spiro atoms. The number of carbonyl (C=O) groups is 2. The summed E-state index contributed by atoms with van der Waals surface area (Å²) in [4.78, 5) is 26.5. The van der Waals surface area contributed by atoms with Crippen molar-refractivity contribution >= 4 is 12.0 Å². The average molecular weight is 264 g/mol. The fourth-order valence-corrected chi connectivity index (χ4v) is 2.15. The highest BCUT2D eigenvalue weighted by molar-refractivity contribution is 5.76. The zero-order valence-electron chi connectivity index (χ0n) is 11.0. The van der Waals surface area contributed by atoms with Crippen LogP contribution in [0.2, 0.25) is 0 Å². The van der Waals surface area contributed by atoms with Gasteiger partial charge in [-0.15, -0.1) is 6.42 Å². The molecule has 2 aliphatic carbocycles. The second kappa shape index (κ2) is 5.96. The second-order valence-corrected chi connectivity index (χ2v) is 5.38. The lowest BCUT2D eigenvalue weighted by atomic mass is 10.3. The van der Waals surface area contributed by atoms with Crippen molar-refractivity contribution in [2.45, 2.75) is 38.1 Å². The summed E-state index contributed by atoms with van der Waals surface area (Å²) in [6, 6.07) is 0.125. The van der Waals surface area contributed by atoms with Crippen molar-refractivity contribution in [1.29, 1.82) is 0 Å². The number of urea groups is 1. The fraction of sp³-hybridized carbons (Fsp3) is 0.714. The molecule has 2 rings (SSSR count). The van der Waals surface area contributed by atoms with E-state index in [0.717, 1.165) is 25.7 Å². The highest BCUT2D eigenvalue weighted by Gasteiger charge is 2.36. The monoisotopic (exact) mass is 264 g/mol. The summed E-state index contributed by atoms with van der Waals surface area (Å²) in [6.07, 6.45) is 9.58. The van der Waals surface area contributed by atoms with E-state index >= 15 is 0 Å². The first-order chi connectivity index (χ1) is 9.11. The zero-order valence-corrected chi connectivity index (χ0v) is 11.0. The van der Waals surface area contributed by atoms with Gasteiger partial charge >= 0.3 is 12.0 Å². The van der Waals surface area contributed by atoms with Gasteiger partial charge < -0.3 is 14.9 Å². The molecule has 2 fully saturated rings. The van der Waals surface area contributed by atoms with Gasteiger partial charge in [0.2, 0.25) is 0 Å². The van der Waals surface area contributed by atoms with Crippen LogP contribution in [-0.4, -0.2) is 52.6 Å². The molecule has 104 valence electrons. The van der Waals surface area contributed by atoms with E-state index in [2.05, 4.69) is 5.92 Å². The third-order valence-corrected chi connectivity index (χ3v) is 3.53. The number of carbonyl (C=O) groups excluding carboxylic acids is 1. The lowest BCUT2D eigenvalue weighted by molar-refractivity contribution is -0.137. The fourth-order valence-electron chi connectivity index (χ4n) is 2.15. The zero-order chi connectivity index (χ0) is 13.8. The Labute approximate surface area is 113 Å². The molecule has 0 heterocycles. The van der Waals surface area contributed by atoms with Gasteiger partial charge in [-0.05, 0) is 31.6 Å². The summed E-state index contributed by atoms with van der Waals surface area (Å²) in [5, 5.41) is 8.76. The van der Waals surface area contributed by atoms with Crippen molar-refractivity contribution in [3.63, 3.8) is 0 Å². The topological polar surface area (TPSA) is 60.9 Å². The molecule has 0 aromatic rings. The van der Waals surface area contributed by atoms with E-state index in [9.17, 15) is 9.59 Å². The molecule has 2 saturated carbocycles. The largest absolute Gasteiger partial charge is 0.481 e. The first-order valence-corrected chi connectivity index (χ1v) is 6.82. The molecule has 5 nitrogen and oxygen atoms in total. The minimum atomic E-state index is -0.871. The van der Waals surface area contributed by atoms with Crippen molar-refractivity contribution in [3.8, 4) is 12.3 Å². The predicted octanol–water partition coefficient (Wildman–Crippen LogP) is 1.39. The number of hydrogen-bond acceptors (Lipinski definition) is 2. The quantitative estimate of drug-likeness (QED) is 0.707. The van der Waals surface area contributed by atoms with Crippen LogP contribution in [0.15, 0.2) is 0 Å². The third kappa shape index (κ3) is 4.16. The van der Waals surface area contributed by atoms with Gasteiger partial charge in [-0.3, -0.25) is 4.79 Å². The van der Waals surface area contributed by atoms with E-state index in [-0.39, 0.29) is 25.0 Å². The highest BCUT2D eigenvalue weighted by atomic mass is 16.4. The van der Waals surface area contributed by atoms with Crippen molar-refractivity contribution in [3.05, 3.63) is 0 Å². The molecule has 0 aromatic carbocycles. The lowest BCUT2D eigenvalue weighted by Gasteiger charge is -2.29. The molecule has 5 heteroatoms. The Balaban J connectivity index is 1.94. The smallest absolute Gasteiger partial charge is 0.321 e. The Morgan fingerprint density at radius 1 is 1.26 bits per heavy atom. The first kappa shape index (κ1) is 13.7. The normalized spacial score (nSPS) is 17.6. The summed E-state index contributed by atoms with van der Waals surface area (Å²) in [5.41, 5.74) is 0.